The Kier molecular flexibility index (Phi) is 4.63. The molecule has 3 heterocycles. The van der Waals surface area contributed by atoms with Crippen molar-refractivity contribution in [1.82, 2.24) is 14.9 Å². The van der Waals surface area contributed by atoms with Gasteiger partial charge in [0, 0.05) is 36.6 Å². The van der Waals surface area contributed by atoms with Crippen molar-refractivity contribution in [1.29, 1.82) is 0 Å². The number of hydrogen-bond acceptors (Lipinski definition) is 5. The predicted molar refractivity (Wildman–Crippen MR) is 107 cm³/mol. The average Bonchev–Trinajstić information content (AvgIpc) is 2.97. The number of anilines is 1. The first kappa shape index (κ1) is 17.4. The number of aromatic nitrogens is 2. The van der Waals surface area contributed by atoms with Crippen molar-refractivity contribution >= 4 is 27.4 Å². The van der Waals surface area contributed by atoms with Gasteiger partial charge in [0.2, 0.25) is 0 Å². The molecule has 4 nitrogen and oxygen atoms in total. The van der Waals surface area contributed by atoms with Crippen molar-refractivity contribution in [3.8, 4) is 11.1 Å². The highest BCUT2D eigenvalue weighted by Crippen LogP contribution is 2.41. The molecule has 1 aliphatic rings. The molecule has 0 N–H and O–H groups in total. The highest BCUT2D eigenvalue weighted by Gasteiger charge is 2.24. The Bertz CT molecular complexity index is 927. The van der Waals surface area contributed by atoms with Gasteiger partial charge in [0.25, 0.3) is 0 Å². The Morgan fingerprint density at radius 1 is 1.04 bits per heavy atom. The van der Waals surface area contributed by atoms with E-state index in [0.29, 0.717) is 0 Å². The summed E-state index contributed by atoms with van der Waals surface area (Å²) in [5.41, 5.74) is 2.16. The van der Waals surface area contributed by atoms with Crippen LogP contribution in [0, 0.1) is 19.7 Å². The zero-order valence-corrected chi connectivity index (χ0v) is 16.2. The van der Waals surface area contributed by atoms with Crippen LogP contribution in [0.2, 0.25) is 0 Å². The Morgan fingerprint density at radius 2 is 1.73 bits per heavy atom. The van der Waals surface area contributed by atoms with Crippen molar-refractivity contribution in [3.05, 3.63) is 40.8 Å². The quantitative estimate of drug-likeness (QED) is 0.690. The molecule has 0 unspecified atom stereocenters. The number of thiophene rings is 1. The number of benzene rings is 1. The summed E-state index contributed by atoms with van der Waals surface area (Å²) in [6.07, 6.45) is 0. The second-order valence-corrected chi connectivity index (χ2v) is 7.94. The molecule has 0 atom stereocenters. The van der Waals surface area contributed by atoms with Crippen LogP contribution in [0.1, 0.15) is 17.6 Å². The van der Waals surface area contributed by atoms with Gasteiger partial charge in [-0.3, -0.25) is 0 Å². The number of rotatable bonds is 3. The highest BCUT2D eigenvalue weighted by molar-refractivity contribution is 7.19. The maximum absolute atomic E-state index is 13.4. The topological polar surface area (TPSA) is 32.3 Å². The molecule has 3 aromatic rings. The Labute approximate surface area is 157 Å². The van der Waals surface area contributed by atoms with Gasteiger partial charge in [-0.05, 0) is 38.1 Å². The molecule has 4 rings (SSSR count). The molecule has 1 fully saturated rings. The van der Waals surface area contributed by atoms with Crippen LogP contribution in [0.3, 0.4) is 0 Å². The predicted octanol–water partition coefficient (Wildman–Crippen LogP) is 4.26. The molecule has 1 saturated heterocycles. The van der Waals surface area contributed by atoms with Gasteiger partial charge in [-0.2, -0.15) is 0 Å². The number of fused-ring (bicyclic) bond motifs is 1. The summed E-state index contributed by atoms with van der Waals surface area (Å²) >= 11 is 1.69. The van der Waals surface area contributed by atoms with E-state index in [1.807, 2.05) is 19.1 Å². The monoisotopic (exact) mass is 370 g/mol. The van der Waals surface area contributed by atoms with E-state index in [0.717, 1.165) is 65.7 Å². The van der Waals surface area contributed by atoms with Crippen LogP contribution >= 0.6 is 11.3 Å². The van der Waals surface area contributed by atoms with Gasteiger partial charge in [-0.15, -0.1) is 11.3 Å². The zero-order chi connectivity index (χ0) is 18.3. The molecular weight excluding hydrogens is 347 g/mol. The molecule has 2 aromatic heterocycles. The Balaban J connectivity index is 1.86. The smallest absolute Gasteiger partial charge is 0.141 e. The molecule has 1 aromatic carbocycles. The standard InChI is InChI=1S/C20H23FN4S/c1-4-24-9-11-25(12-10-24)19-18-17(15-5-7-16(21)8-6-15)13(2)26-20(18)23-14(3)22-19/h5-8H,4,9-12H2,1-3H3. The van der Waals surface area contributed by atoms with Gasteiger partial charge in [0.1, 0.15) is 22.3 Å². The van der Waals surface area contributed by atoms with E-state index in [1.165, 1.54) is 17.0 Å². The van der Waals surface area contributed by atoms with Gasteiger partial charge in [-0.1, -0.05) is 19.1 Å². The maximum atomic E-state index is 13.4. The first-order valence-corrected chi connectivity index (χ1v) is 9.89. The number of piperazine rings is 1. The highest BCUT2D eigenvalue weighted by atomic mass is 32.1. The van der Waals surface area contributed by atoms with E-state index >= 15 is 0 Å². The SMILES string of the molecule is CCN1CCN(c2nc(C)nc3sc(C)c(-c4ccc(F)cc4)c23)CC1. The maximum Gasteiger partial charge on any atom is 0.141 e. The lowest BCUT2D eigenvalue weighted by molar-refractivity contribution is 0.270. The molecule has 136 valence electrons. The fourth-order valence-corrected chi connectivity index (χ4v) is 4.75. The molecule has 0 amide bonds. The van der Waals surface area contributed by atoms with Crippen LogP contribution in [0.25, 0.3) is 21.3 Å². The van der Waals surface area contributed by atoms with Crippen LogP contribution in [0.4, 0.5) is 10.2 Å². The van der Waals surface area contributed by atoms with E-state index in [2.05, 4.69) is 28.6 Å². The third-order valence-corrected chi connectivity index (χ3v) is 6.07. The Morgan fingerprint density at radius 3 is 2.38 bits per heavy atom. The minimum Gasteiger partial charge on any atom is -0.353 e. The summed E-state index contributed by atoms with van der Waals surface area (Å²) in [5, 5.41) is 1.11. The van der Waals surface area contributed by atoms with Gasteiger partial charge in [0.15, 0.2) is 0 Å². The van der Waals surface area contributed by atoms with E-state index in [1.54, 1.807) is 11.3 Å². The lowest BCUT2D eigenvalue weighted by Gasteiger charge is -2.35. The first-order valence-electron chi connectivity index (χ1n) is 9.07. The van der Waals surface area contributed by atoms with Gasteiger partial charge in [-0.25, -0.2) is 14.4 Å². The van der Waals surface area contributed by atoms with Crippen molar-refractivity contribution in [2.45, 2.75) is 20.8 Å². The summed E-state index contributed by atoms with van der Waals surface area (Å²) in [5.74, 6) is 1.61. The molecule has 0 spiro atoms. The lowest BCUT2D eigenvalue weighted by atomic mass is 10.0. The van der Waals surface area contributed by atoms with Crippen LogP contribution in [-0.4, -0.2) is 47.6 Å². The number of aryl methyl sites for hydroxylation is 2. The van der Waals surface area contributed by atoms with Crippen molar-refractivity contribution < 1.29 is 4.39 Å². The van der Waals surface area contributed by atoms with E-state index in [-0.39, 0.29) is 5.82 Å². The van der Waals surface area contributed by atoms with Gasteiger partial charge < -0.3 is 9.80 Å². The number of hydrogen-bond donors (Lipinski definition) is 0. The van der Waals surface area contributed by atoms with Gasteiger partial charge >= 0.3 is 0 Å². The van der Waals surface area contributed by atoms with Crippen LogP contribution in [0.15, 0.2) is 24.3 Å². The third kappa shape index (κ3) is 3.08. The largest absolute Gasteiger partial charge is 0.353 e. The molecule has 0 bridgehead atoms. The average molecular weight is 370 g/mol. The van der Waals surface area contributed by atoms with E-state index in [4.69, 9.17) is 4.98 Å². The second-order valence-electron chi connectivity index (χ2n) is 6.74. The van der Waals surface area contributed by atoms with E-state index < -0.39 is 0 Å². The number of nitrogens with zero attached hydrogens (tertiary/aromatic N) is 4. The van der Waals surface area contributed by atoms with E-state index in [9.17, 15) is 4.39 Å². The normalized spacial score (nSPS) is 15.8. The molecule has 6 heteroatoms. The number of likely N-dealkylation sites (N-methyl/N-ethyl adjacent to an activating group) is 1. The van der Waals surface area contributed by atoms with Gasteiger partial charge in [0.05, 0.1) is 5.39 Å². The van der Waals surface area contributed by atoms with Crippen LogP contribution < -0.4 is 4.90 Å². The number of halogens is 1. The summed E-state index contributed by atoms with van der Waals surface area (Å²) in [7, 11) is 0. The minimum atomic E-state index is -0.214. The van der Waals surface area contributed by atoms with Crippen molar-refractivity contribution in [3.63, 3.8) is 0 Å². The third-order valence-electron chi connectivity index (χ3n) is 5.07. The second kappa shape index (κ2) is 6.93. The molecule has 1 aliphatic heterocycles. The summed E-state index contributed by atoms with van der Waals surface area (Å²) < 4.78 is 13.4. The minimum absolute atomic E-state index is 0.214. The fourth-order valence-electron chi connectivity index (χ4n) is 3.67. The molecule has 0 radical (unpaired) electrons. The molecule has 0 aliphatic carbocycles. The Hall–Kier alpha value is -2.05. The van der Waals surface area contributed by atoms with Crippen molar-refractivity contribution in [2.24, 2.45) is 0 Å². The molecule has 26 heavy (non-hydrogen) atoms. The first-order chi connectivity index (χ1) is 12.6. The lowest BCUT2D eigenvalue weighted by Crippen LogP contribution is -2.46. The zero-order valence-electron chi connectivity index (χ0n) is 15.4. The summed E-state index contributed by atoms with van der Waals surface area (Å²) in [4.78, 5) is 16.6. The summed E-state index contributed by atoms with van der Waals surface area (Å²) in [6, 6.07) is 6.74. The summed E-state index contributed by atoms with van der Waals surface area (Å²) in [6.45, 7) is 11.4. The van der Waals surface area contributed by atoms with Crippen molar-refractivity contribution in [2.75, 3.05) is 37.6 Å². The molecular formula is C20H23FN4S. The van der Waals surface area contributed by atoms with Crippen LogP contribution in [0.5, 0.6) is 0 Å². The fraction of sp³-hybridized carbons (Fsp3) is 0.400. The molecule has 0 saturated carbocycles. The van der Waals surface area contributed by atoms with Crippen LogP contribution in [-0.2, 0) is 0 Å².